The monoisotopic (exact) mass is 224 g/mol. The summed E-state index contributed by atoms with van der Waals surface area (Å²) in [4.78, 5) is 2.38. The van der Waals surface area contributed by atoms with Crippen LogP contribution >= 0.6 is 0 Å². The van der Waals surface area contributed by atoms with Crippen molar-refractivity contribution in [2.45, 2.75) is 25.5 Å². The molecule has 0 aromatic carbocycles. The van der Waals surface area contributed by atoms with Gasteiger partial charge in [-0.3, -0.25) is 4.90 Å². The van der Waals surface area contributed by atoms with Crippen molar-refractivity contribution in [1.29, 1.82) is 0 Å². The minimum absolute atomic E-state index is 0.0481. The average molecular weight is 224 g/mol. The molecule has 1 fully saturated rings. The third-order valence-corrected chi connectivity index (χ3v) is 3.15. The molecule has 2 unspecified atom stereocenters. The van der Waals surface area contributed by atoms with E-state index in [1.54, 1.807) is 12.5 Å². The van der Waals surface area contributed by atoms with Crippen molar-refractivity contribution in [2.24, 2.45) is 5.73 Å². The molecule has 1 saturated heterocycles. The lowest BCUT2D eigenvalue weighted by Gasteiger charge is -2.35. The van der Waals surface area contributed by atoms with Crippen LogP contribution in [0.5, 0.6) is 0 Å². The highest BCUT2D eigenvalue weighted by atomic mass is 16.5. The smallest absolute Gasteiger partial charge is 0.0935 e. The normalized spacial score (nSPS) is 24.5. The van der Waals surface area contributed by atoms with Gasteiger partial charge >= 0.3 is 0 Å². The SMILES string of the molecule is CCN1CCOC(C(N)Cc2ccoc2)C1. The standard InChI is InChI=1S/C12H20N2O2/c1-2-14-4-6-16-12(8-14)11(13)7-10-3-5-15-9-10/h3,5,9,11-12H,2,4,6-8,13H2,1H3. The second-order valence-corrected chi connectivity index (χ2v) is 4.30. The van der Waals surface area contributed by atoms with Gasteiger partial charge in [-0.15, -0.1) is 0 Å². The largest absolute Gasteiger partial charge is 0.472 e. The van der Waals surface area contributed by atoms with E-state index in [4.69, 9.17) is 14.9 Å². The predicted octanol–water partition coefficient (Wildman–Crippen LogP) is 0.870. The molecule has 0 saturated carbocycles. The molecule has 0 aliphatic carbocycles. The van der Waals surface area contributed by atoms with Crippen LogP contribution in [0.15, 0.2) is 23.0 Å². The number of nitrogens with zero attached hydrogens (tertiary/aromatic N) is 1. The summed E-state index contributed by atoms with van der Waals surface area (Å²) >= 11 is 0. The first-order chi connectivity index (χ1) is 7.79. The lowest BCUT2D eigenvalue weighted by atomic mass is 10.0. The highest BCUT2D eigenvalue weighted by Gasteiger charge is 2.25. The first-order valence-electron chi connectivity index (χ1n) is 5.90. The van der Waals surface area contributed by atoms with Crippen molar-refractivity contribution >= 4 is 0 Å². The molecule has 0 spiro atoms. The second kappa shape index (κ2) is 5.48. The molecule has 90 valence electrons. The van der Waals surface area contributed by atoms with Crippen LogP contribution in [0.3, 0.4) is 0 Å². The summed E-state index contributed by atoms with van der Waals surface area (Å²) in [6.45, 7) is 5.99. The number of hydrogen-bond donors (Lipinski definition) is 1. The number of hydrogen-bond acceptors (Lipinski definition) is 4. The number of furan rings is 1. The van der Waals surface area contributed by atoms with Crippen LogP contribution in [0.25, 0.3) is 0 Å². The molecule has 4 nitrogen and oxygen atoms in total. The summed E-state index contributed by atoms with van der Waals surface area (Å²) in [6.07, 6.45) is 4.39. The minimum Gasteiger partial charge on any atom is -0.472 e. The minimum atomic E-state index is 0.0481. The molecule has 16 heavy (non-hydrogen) atoms. The van der Waals surface area contributed by atoms with Crippen molar-refractivity contribution in [3.8, 4) is 0 Å². The van der Waals surface area contributed by atoms with E-state index in [0.29, 0.717) is 0 Å². The Morgan fingerprint density at radius 3 is 3.19 bits per heavy atom. The second-order valence-electron chi connectivity index (χ2n) is 4.30. The van der Waals surface area contributed by atoms with Gasteiger partial charge in [-0.1, -0.05) is 6.92 Å². The van der Waals surface area contributed by atoms with Crippen LogP contribution < -0.4 is 5.73 Å². The Hall–Kier alpha value is -0.840. The highest BCUT2D eigenvalue weighted by molar-refractivity contribution is 5.08. The van der Waals surface area contributed by atoms with Crippen LogP contribution in [-0.2, 0) is 11.2 Å². The number of morpholine rings is 1. The first-order valence-corrected chi connectivity index (χ1v) is 5.90. The predicted molar refractivity (Wildman–Crippen MR) is 62.2 cm³/mol. The quantitative estimate of drug-likeness (QED) is 0.824. The molecule has 2 atom stereocenters. The number of rotatable bonds is 4. The molecular weight excluding hydrogens is 204 g/mol. The van der Waals surface area contributed by atoms with Crippen molar-refractivity contribution < 1.29 is 9.15 Å². The summed E-state index contributed by atoms with van der Waals surface area (Å²) < 4.78 is 10.8. The zero-order valence-electron chi connectivity index (χ0n) is 9.76. The summed E-state index contributed by atoms with van der Waals surface area (Å²) in [7, 11) is 0. The van der Waals surface area contributed by atoms with E-state index in [9.17, 15) is 0 Å². The summed E-state index contributed by atoms with van der Waals surface area (Å²) in [5, 5.41) is 0. The Balaban J connectivity index is 1.86. The van der Waals surface area contributed by atoms with Gasteiger partial charge in [0.2, 0.25) is 0 Å². The molecule has 0 amide bonds. The lowest BCUT2D eigenvalue weighted by molar-refractivity contribution is -0.0385. The maximum atomic E-state index is 6.16. The third-order valence-electron chi connectivity index (χ3n) is 3.15. The Morgan fingerprint density at radius 2 is 2.50 bits per heavy atom. The topological polar surface area (TPSA) is 51.6 Å². The molecule has 1 aromatic rings. The Morgan fingerprint density at radius 1 is 1.62 bits per heavy atom. The molecule has 0 bridgehead atoms. The van der Waals surface area contributed by atoms with Crippen molar-refractivity contribution in [3.05, 3.63) is 24.2 Å². The zero-order valence-corrected chi connectivity index (χ0v) is 9.76. The van der Waals surface area contributed by atoms with Crippen molar-refractivity contribution in [3.63, 3.8) is 0 Å². The maximum absolute atomic E-state index is 6.16. The lowest BCUT2D eigenvalue weighted by Crippen LogP contribution is -2.51. The van der Waals surface area contributed by atoms with E-state index in [1.165, 1.54) is 0 Å². The fraction of sp³-hybridized carbons (Fsp3) is 0.667. The zero-order chi connectivity index (χ0) is 11.4. The van der Waals surface area contributed by atoms with Crippen LogP contribution in [-0.4, -0.2) is 43.3 Å². The van der Waals surface area contributed by atoms with Crippen molar-refractivity contribution in [2.75, 3.05) is 26.2 Å². The fourth-order valence-corrected chi connectivity index (χ4v) is 2.09. The first kappa shape index (κ1) is 11.6. The number of ether oxygens (including phenoxy) is 1. The summed E-state index contributed by atoms with van der Waals surface area (Å²) in [5.41, 5.74) is 7.31. The van der Waals surface area contributed by atoms with Crippen LogP contribution in [0, 0.1) is 0 Å². The average Bonchev–Trinajstić information content (AvgIpc) is 2.82. The van der Waals surface area contributed by atoms with Gasteiger partial charge in [0, 0.05) is 19.1 Å². The highest BCUT2D eigenvalue weighted by Crippen LogP contribution is 2.12. The molecule has 1 aliphatic rings. The third kappa shape index (κ3) is 2.84. The molecule has 2 N–H and O–H groups in total. The van der Waals surface area contributed by atoms with Crippen LogP contribution in [0.1, 0.15) is 12.5 Å². The van der Waals surface area contributed by atoms with Gasteiger partial charge in [-0.25, -0.2) is 0 Å². The van der Waals surface area contributed by atoms with E-state index in [-0.39, 0.29) is 12.1 Å². The molecule has 4 heteroatoms. The molecule has 0 radical (unpaired) electrons. The molecule has 1 aromatic heterocycles. The van der Waals surface area contributed by atoms with Crippen LogP contribution in [0.2, 0.25) is 0 Å². The molecular formula is C12H20N2O2. The van der Waals surface area contributed by atoms with Gasteiger partial charge in [0.05, 0.1) is 25.2 Å². The Labute approximate surface area is 96.4 Å². The van der Waals surface area contributed by atoms with Gasteiger partial charge < -0.3 is 14.9 Å². The van der Waals surface area contributed by atoms with E-state index >= 15 is 0 Å². The van der Waals surface area contributed by atoms with E-state index in [0.717, 1.165) is 38.2 Å². The Bertz CT molecular complexity index is 300. The van der Waals surface area contributed by atoms with Gasteiger partial charge in [0.1, 0.15) is 0 Å². The Kier molecular flexibility index (Phi) is 3.98. The van der Waals surface area contributed by atoms with Gasteiger partial charge in [-0.05, 0) is 24.6 Å². The van der Waals surface area contributed by atoms with E-state index < -0.39 is 0 Å². The maximum Gasteiger partial charge on any atom is 0.0935 e. The van der Waals surface area contributed by atoms with Crippen molar-refractivity contribution in [1.82, 2.24) is 4.90 Å². The summed E-state index contributed by atoms with van der Waals surface area (Å²) in [6, 6.07) is 2.01. The molecule has 2 heterocycles. The number of likely N-dealkylation sites (N-methyl/N-ethyl adjacent to an activating group) is 1. The molecule has 2 rings (SSSR count). The van der Waals surface area contributed by atoms with Crippen LogP contribution in [0.4, 0.5) is 0 Å². The van der Waals surface area contributed by atoms with Gasteiger partial charge in [0.25, 0.3) is 0 Å². The molecule has 1 aliphatic heterocycles. The van der Waals surface area contributed by atoms with Gasteiger partial charge in [-0.2, -0.15) is 0 Å². The van der Waals surface area contributed by atoms with Gasteiger partial charge in [0.15, 0.2) is 0 Å². The summed E-state index contributed by atoms with van der Waals surface area (Å²) in [5.74, 6) is 0. The number of nitrogens with two attached hydrogens (primary N) is 1. The van der Waals surface area contributed by atoms with E-state index in [1.807, 2.05) is 6.07 Å². The van der Waals surface area contributed by atoms with E-state index in [2.05, 4.69) is 11.8 Å². The fourth-order valence-electron chi connectivity index (χ4n) is 2.09.